The number of aryl methyl sites for hydroxylation is 1. The molecule has 2 aromatic carbocycles. The Bertz CT molecular complexity index is 653. The van der Waals surface area contributed by atoms with Gasteiger partial charge in [-0.25, -0.2) is 0 Å². The molecule has 0 saturated heterocycles. The Morgan fingerprint density at radius 2 is 1.74 bits per heavy atom. The molecular formula is C19H22N2O2. The van der Waals surface area contributed by atoms with Crippen molar-refractivity contribution in [2.24, 2.45) is 0 Å². The Balaban J connectivity index is 1.73. The summed E-state index contributed by atoms with van der Waals surface area (Å²) < 4.78 is 0. The first-order valence-corrected chi connectivity index (χ1v) is 7.85. The molecule has 0 fully saturated rings. The van der Waals surface area contributed by atoms with Gasteiger partial charge in [-0.3, -0.25) is 9.59 Å². The first-order valence-electron chi connectivity index (χ1n) is 7.85. The summed E-state index contributed by atoms with van der Waals surface area (Å²) in [5, 5.41) is 5.59. The van der Waals surface area contributed by atoms with Gasteiger partial charge in [-0.1, -0.05) is 36.4 Å². The predicted octanol–water partition coefficient (Wildman–Crippen LogP) is 3.40. The van der Waals surface area contributed by atoms with Crippen molar-refractivity contribution < 1.29 is 9.59 Å². The van der Waals surface area contributed by atoms with Crippen LogP contribution in [0.5, 0.6) is 0 Å². The van der Waals surface area contributed by atoms with Crippen LogP contribution in [0.3, 0.4) is 0 Å². The first-order chi connectivity index (χ1) is 11.1. The number of carbonyl (C=O) groups is 2. The summed E-state index contributed by atoms with van der Waals surface area (Å²) in [6, 6.07) is 17.3. The lowest BCUT2D eigenvalue weighted by Crippen LogP contribution is -2.24. The van der Waals surface area contributed by atoms with Crippen molar-refractivity contribution >= 4 is 17.5 Å². The molecule has 0 aromatic heterocycles. The van der Waals surface area contributed by atoms with Gasteiger partial charge in [-0.05, 0) is 43.0 Å². The van der Waals surface area contributed by atoms with Gasteiger partial charge in [-0.15, -0.1) is 0 Å². The second-order valence-electron chi connectivity index (χ2n) is 5.46. The molecule has 2 N–H and O–H groups in total. The average molecular weight is 310 g/mol. The number of unbranched alkanes of at least 4 members (excludes halogenated alkanes) is 1. The van der Waals surface area contributed by atoms with Crippen molar-refractivity contribution in [3.63, 3.8) is 0 Å². The number of benzene rings is 2. The maximum absolute atomic E-state index is 12.1. The summed E-state index contributed by atoms with van der Waals surface area (Å²) in [6.45, 7) is 2.09. The standard InChI is InChI=1S/C19H22N2O2/c1-15(22)21-18-12-7-11-17(14-18)19(23)20-13-6-5-10-16-8-3-2-4-9-16/h2-4,7-9,11-12,14H,5-6,10,13H2,1H3,(H,20,23)(H,21,22). The third kappa shape index (κ3) is 5.94. The lowest BCUT2D eigenvalue weighted by Gasteiger charge is -2.07. The van der Waals surface area contributed by atoms with E-state index in [4.69, 9.17) is 0 Å². The summed E-state index contributed by atoms with van der Waals surface area (Å²) >= 11 is 0. The number of carbonyl (C=O) groups excluding carboxylic acids is 2. The second kappa shape index (κ2) is 8.73. The maximum Gasteiger partial charge on any atom is 0.251 e. The maximum atomic E-state index is 12.1. The molecule has 0 spiro atoms. The SMILES string of the molecule is CC(=O)Nc1cccc(C(=O)NCCCCc2ccccc2)c1. The van der Waals surface area contributed by atoms with E-state index in [1.165, 1.54) is 12.5 Å². The van der Waals surface area contributed by atoms with Gasteiger partial charge < -0.3 is 10.6 Å². The van der Waals surface area contributed by atoms with Crippen molar-refractivity contribution in [2.75, 3.05) is 11.9 Å². The summed E-state index contributed by atoms with van der Waals surface area (Å²) in [5.74, 6) is -0.264. The molecule has 2 aromatic rings. The van der Waals surface area contributed by atoms with Crippen LogP contribution in [0, 0.1) is 0 Å². The smallest absolute Gasteiger partial charge is 0.251 e. The fourth-order valence-electron chi connectivity index (χ4n) is 2.34. The molecule has 2 rings (SSSR count). The zero-order chi connectivity index (χ0) is 16.5. The normalized spacial score (nSPS) is 10.1. The van der Waals surface area contributed by atoms with Crippen LogP contribution in [0.15, 0.2) is 54.6 Å². The van der Waals surface area contributed by atoms with Gasteiger partial charge in [0, 0.05) is 24.7 Å². The highest BCUT2D eigenvalue weighted by atomic mass is 16.2. The average Bonchev–Trinajstić information content (AvgIpc) is 2.55. The Hall–Kier alpha value is -2.62. The third-order valence-corrected chi connectivity index (χ3v) is 3.47. The van der Waals surface area contributed by atoms with E-state index in [-0.39, 0.29) is 11.8 Å². The molecule has 4 nitrogen and oxygen atoms in total. The van der Waals surface area contributed by atoms with E-state index >= 15 is 0 Å². The van der Waals surface area contributed by atoms with E-state index < -0.39 is 0 Å². The molecule has 120 valence electrons. The van der Waals surface area contributed by atoms with Crippen LogP contribution in [0.4, 0.5) is 5.69 Å². The highest BCUT2D eigenvalue weighted by Crippen LogP contribution is 2.10. The summed E-state index contributed by atoms with van der Waals surface area (Å²) in [6.07, 6.45) is 3.00. The molecule has 0 atom stereocenters. The van der Waals surface area contributed by atoms with Gasteiger partial charge in [0.25, 0.3) is 5.91 Å². The molecule has 23 heavy (non-hydrogen) atoms. The van der Waals surface area contributed by atoms with Crippen molar-refractivity contribution in [3.8, 4) is 0 Å². The number of nitrogens with one attached hydrogen (secondary N) is 2. The summed E-state index contributed by atoms with van der Waals surface area (Å²) in [4.78, 5) is 23.1. The number of amides is 2. The Morgan fingerprint density at radius 3 is 2.48 bits per heavy atom. The van der Waals surface area contributed by atoms with Crippen molar-refractivity contribution in [1.29, 1.82) is 0 Å². The molecular weight excluding hydrogens is 288 g/mol. The zero-order valence-electron chi connectivity index (χ0n) is 13.3. The van der Waals surface area contributed by atoms with E-state index in [0.717, 1.165) is 19.3 Å². The molecule has 0 aliphatic heterocycles. The molecule has 0 heterocycles. The number of hydrogen-bond acceptors (Lipinski definition) is 2. The van der Waals surface area contributed by atoms with E-state index in [9.17, 15) is 9.59 Å². The molecule has 0 aliphatic carbocycles. The zero-order valence-corrected chi connectivity index (χ0v) is 13.3. The van der Waals surface area contributed by atoms with Crippen LogP contribution in [0.2, 0.25) is 0 Å². The van der Waals surface area contributed by atoms with Gasteiger partial charge >= 0.3 is 0 Å². The van der Waals surface area contributed by atoms with Gasteiger partial charge in [-0.2, -0.15) is 0 Å². The van der Waals surface area contributed by atoms with Crippen LogP contribution in [-0.4, -0.2) is 18.4 Å². The third-order valence-electron chi connectivity index (χ3n) is 3.47. The van der Waals surface area contributed by atoms with Gasteiger partial charge in [0.15, 0.2) is 0 Å². The molecule has 0 radical (unpaired) electrons. The summed E-state index contributed by atoms with van der Waals surface area (Å²) in [5.41, 5.74) is 2.51. The predicted molar refractivity (Wildman–Crippen MR) is 92.5 cm³/mol. The minimum atomic E-state index is -0.150. The van der Waals surface area contributed by atoms with E-state index in [2.05, 4.69) is 22.8 Å². The first kappa shape index (κ1) is 16.7. The Kier molecular flexibility index (Phi) is 6.36. The molecule has 0 unspecified atom stereocenters. The minimum Gasteiger partial charge on any atom is -0.352 e. The van der Waals surface area contributed by atoms with Crippen LogP contribution >= 0.6 is 0 Å². The topological polar surface area (TPSA) is 58.2 Å². The van der Waals surface area contributed by atoms with Crippen LogP contribution in [0.1, 0.15) is 35.7 Å². The van der Waals surface area contributed by atoms with Crippen molar-refractivity contribution in [2.45, 2.75) is 26.2 Å². The largest absolute Gasteiger partial charge is 0.352 e. The van der Waals surface area contributed by atoms with E-state index in [0.29, 0.717) is 17.8 Å². The Labute approximate surface area is 136 Å². The lowest BCUT2D eigenvalue weighted by atomic mass is 10.1. The summed E-state index contributed by atoms with van der Waals surface area (Å²) in [7, 11) is 0. The lowest BCUT2D eigenvalue weighted by molar-refractivity contribution is -0.114. The Morgan fingerprint density at radius 1 is 0.957 bits per heavy atom. The molecule has 0 saturated carbocycles. The highest BCUT2D eigenvalue weighted by molar-refractivity contribution is 5.96. The van der Waals surface area contributed by atoms with Crippen molar-refractivity contribution in [1.82, 2.24) is 5.32 Å². The highest BCUT2D eigenvalue weighted by Gasteiger charge is 2.06. The van der Waals surface area contributed by atoms with E-state index in [1.807, 2.05) is 18.2 Å². The van der Waals surface area contributed by atoms with Gasteiger partial charge in [0.1, 0.15) is 0 Å². The molecule has 0 bridgehead atoms. The van der Waals surface area contributed by atoms with Gasteiger partial charge in [0.05, 0.1) is 0 Å². The van der Waals surface area contributed by atoms with Crippen LogP contribution in [0.25, 0.3) is 0 Å². The van der Waals surface area contributed by atoms with Crippen LogP contribution < -0.4 is 10.6 Å². The number of rotatable bonds is 7. The number of anilines is 1. The van der Waals surface area contributed by atoms with Crippen LogP contribution in [-0.2, 0) is 11.2 Å². The van der Waals surface area contributed by atoms with Crippen molar-refractivity contribution in [3.05, 3.63) is 65.7 Å². The molecule has 2 amide bonds. The molecule has 0 aliphatic rings. The van der Waals surface area contributed by atoms with Gasteiger partial charge in [0.2, 0.25) is 5.91 Å². The number of hydrogen-bond donors (Lipinski definition) is 2. The quantitative estimate of drug-likeness (QED) is 0.770. The molecule has 4 heteroatoms. The second-order valence-corrected chi connectivity index (χ2v) is 5.46. The minimum absolute atomic E-state index is 0.114. The monoisotopic (exact) mass is 310 g/mol. The van der Waals surface area contributed by atoms with E-state index in [1.54, 1.807) is 24.3 Å². The fourth-order valence-corrected chi connectivity index (χ4v) is 2.34. The fraction of sp³-hybridized carbons (Fsp3) is 0.263.